The van der Waals surface area contributed by atoms with E-state index in [-0.39, 0.29) is 34.4 Å². The van der Waals surface area contributed by atoms with E-state index in [0.717, 1.165) is 25.0 Å². The highest BCUT2D eigenvalue weighted by atomic mass is 79.9. The van der Waals surface area contributed by atoms with Crippen LogP contribution in [0.15, 0.2) is 16.6 Å². The molecule has 0 aromatic heterocycles. The zero-order valence-electron chi connectivity index (χ0n) is 10.0. The van der Waals surface area contributed by atoms with Crippen LogP contribution in [-0.4, -0.2) is 29.9 Å². The van der Waals surface area contributed by atoms with Crippen molar-refractivity contribution in [1.82, 2.24) is 4.90 Å². The Hall–Kier alpha value is -0.720. The van der Waals surface area contributed by atoms with E-state index in [1.54, 1.807) is 4.90 Å². The number of piperidine rings is 1. The molecule has 2 N–H and O–H groups in total. The predicted octanol–water partition coefficient (Wildman–Crippen LogP) is 2.71. The summed E-state index contributed by atoms with van der Waals surface area (Å²) in [6.45, 7) is 1.04. The molecular weight excluding hydrogens is 341 g/mol. The fourth-order valence-corrected chi connectivity index (χ4v) is 2.54. The van der Waals surface area contributed by atoms with Gasteiger partial charge in [-0.15, -0.1) is 12.4 Å². The first-order valence-electron chi connectivity index (χ1n) is 5.68. The van der Waals surface area contributed by atoms with Crippen molar-refractivity contribution in [3.63, 3.8) is 0 Å². The number of hydrogen-bond acceptors (Lipinski definition) is 2. The number of hydrogen-bond donors (Lipinski definition) is 1. The van der Waals surface area contributed by atoms with Crippen LogP contribution < -0.4 is 5.73 Å². The topological polar surface area (TPSA) is 46.3 Å². The summed E-state index contributed by atoms with van der Waals surface area (Å²) < 4.78 is 26.4. The lowest BCUT2D eigenvalue weighted by Gasteiger charge is -2.31. The zero-order chi connectivity index (χ0) is 13.3. The van der Waals surface area contributed by atoms with Crippen LogP contribution in [0.1, 0.15) is 23.2 Å². The van der Waals surface area contributed by atoms with Gasteiger partial charge in [0.05, 0.1) is 5.56 Å². The quantitative estimate of drug-likeness (QED) is 0.787. The van der Waals surface area contributed by atoms with E-state index in [1.165, 1.54) is 0 Å². The number of carbonyl (C=O) groups is 1. The predicted molar refractivity (Wildman–Crippen MR) is 74.4 cm³/mol. The highest BCUT2D eigenvalue weighted by Crippen LogP contribution is 2.23. The molecule has 0 aliphatic carbocycles. The minimum Gasteiger partial charge on any atom is -0.337 e. The molecule has 1 aliphatic heterocycles. The Bertz CT molecular complexity index is 487. The maximum absolute atomic E-state index is 13.2. The Morgan fingerprint density at radius 3 is 2.63 bits per heavy atom. The molecule has 1 heterocycles. The minimum atomic E-state index is -1.03. The zero-order valence-corrected chi connectivity index (χ0v) is 12.4. The van der Waals surface area contributed by atoms with Gasteiger partial charge in [0.25, 0.3) is 5.91 Å². The van der Waals surface area contributed by atoms with Gasteiger partial charge < -0.3 is 10.6 Å². The van der Waals surface area contributed by atoms with Gasteiger partial charge in [-0.05, 0) is 40.9 Å². The van der Waals surface area contributed by atoms with Crippen molar-refractivity contribution in [3.8, 4) is 0 Å². The fourth-order valence-electron chi connectivity index (χ4n) is 2.05. The standard InChI is InChI=1S/C12H13BrF2N2O.ClH/c13-9-5-11(15)10(14)4-8(9)12(18)17-3-1-2-7(16)6-17;/h4-5,7H,1-3,6,16H2;1H. The molecule has 19 heavy (non-hydrogen) atoms. The van der Waals surface area contributed by atoms with E-state index in [0.29, 0.717) is 13.1 Å². The van der Waals surface area contributed by atoms with E-state index in [4.69, 9.17) is 5.73 Å². The number of likely N-dealkylation sites (tertiary alicyclic amines) is 1. The molecule has 1 unspecified atom stereocenters. The van der Waals surface area contributed by atoms with Crippen molar-refractivity contribution in [1.29, 1.82) is 0 Å². The number of rotatable bonds is 1. The van der Waals surface area contributed by atoms with E-state index < -0.39 is 11.6 Å². The molecule has 1 aromatic rings. The van der Waals surface area contributed by atoms with Gasteiger partial charge in [-0.2, -0.15) is 0 Å². The van der Waals surface area contributed by atoms with Gasteiger partial charge in [-0.1, -0.05) is 0 Å². The van der Waals surface area contributed by atoms with Crippen LogP contribution in [0.5, 0.6) is 0 Å². The molecule has 3 nitrogen and oxygen atoms in total. The van der Waals surface area contributed by atoms with Crippen LogP contribution in [0, 0.1) is 11.6 Å². The van der Waals surface area contributed by atoms with Crippen molar-refractivity contribution in [2.45, 2.75) is 18.9 Å². The Morgan fingerprint density at radius 2 is 2.00 bits per heavy atom. The summed E-state index contributed by atoms with van der Waals surface area (Å²) >= 11 is 3.08. The van der Waals surface area contributed by atoms with E-state index >= 15 is 0 Å². The van der Waals surface area contributed by atoms with Crippen molar-refractivity contribution in [2.24, 2.45) is 5.73 Å². The molecule has 1 atom stereocenters. The van der Waals surface area contributed by atoms with Gasteiger partial charge in [0.15, 0.2) is 11.6 Å². The largest absolute Gasteiger partial charge is 0.337 e. The average molecular weight is 356 g/mol. The maximum Gasteiger partial charge on any atom is 0.255 e. The van der Waals surface area contributed by atoms with Crippen molar-refractivity contribution >= 4 is 34.2 Å². The second-order valence-corrected chi connectivity index (χ2v) is 5.25. The molecule has 7 heteroatoms. The molecule has 0 saturated carbocycles. The first-order valence-corrected chi connectivity index (χ1v) is 6.47. The van der Waals surface area contributed by atoms with Gasteiger partial charge in [0.2, 0.25) is 0 Å². The van der Waals surface area contributed by atoms with Crippen LogP contribution in [-0.2, 0) is 0 Å². The fraction of sp³-hybridized carbons (Fsp3) is 0.417. The Balaban J connectivity index is 0.00000180. The first kappa shape index (κ1) is 16.3. The molecule has 1 saturated heterocycles. The lowest BCUT2D eigenvalue weighted by Crippen LogP contribution is -2.45. The van der Waals surface area contributed by atoms with Crippen LogP contribution in [0.4, 0.5) is 8.78 Å². The number of halogens is 4. The summed E-state index contributed by atoms with van der Waals surface area (Å²) in [5.74, 6) is -2.33. The SMILES string of the molecule is Cl.NC1CCCN(C(=O)c2cc(F)c(F)cc2Br)C1. The molecule has 1 amide bonds. The average Bonchev–Trinajstić information content (AvgIpc) is 2.33. The van der Waals surface area contributed by atoms with Gasteiger partial charge in [-0.3, -0.25) is 4.79 Å². The van der Waals surface area contributed by atoms with Crippen LogP contribution in [0.2, 0.25) is 0 Å². The molecule has 1 aromatic carbocycles. The smallest absolute Gasteiger partial charge is 0.255 e. The lowest BCUT2D eigenvalue weighted by atomic mass is 10.1. The maximum atomic E-state index is 13.2. The van der Waals surface area contributed by atoms with Crippen LogP contribution in [0.25, 0.3) is 0 Å². The summed E-state index contributed by atoms with van der Waals surface area (Å²) in [5, 5.41) is 0. The Labute approximate surface area is 124 Å². The van der Waals surface area contributed by atoms with Crippen LogP contribution in [0.3, 0.4) is 0 Å². The van der Waals surface area contributed by atoms with Gasteiger partial charge in [0.1, 0.15) is 0 Å². The first-order chi connectivity index (χ1) is 8.49. The monoisotopic (exact) mass is 354 g/mol. The van der Waals surface area contributed by atoms with Crippen molar-refractivity contribution in [3.05, 3.63) is 33.8 Å². The minimum absolute atomic E-state index is 0. The lowest BCUT2D eigenvalue weighted by molar-refractivity contribution is 0.0707. The summed E-state index contributed by atoms with van der Waals surface area (Å²) in [6.07, 6.45) is 1.71. The van der Waals surface area contributed by atoms with Crippen molar-refractivity contribution < 1.29 is 13.6 Å². The number of carbonyl (C=O) groups excluding carboxylic acids is 1. The molecule has 2 rings (SSSR count). The third-order valence-electron chi connectivity index (χ3n) is 2.99. The molecule has 0 radical (unpaired) electrons. The molecule has 1 fully saturated rings. The number of benzene rings is 1. The third-order valence-corrected chi connectivity index (χ3v) is 3.64. The summed E-state index contributed by atoms with van der Waals surface area (Å²) in [4.78, 5) is 13.8. The third kappa shape index (κ3) is 3.64. The molecular formula is C12H14BrClF2N2O. The number of amides is 1. The van der Waals surface area contributed by atoms with Gasteiger partial charge in [0, 0.05) is 23.6 Å². The van der Waals surface area contributed by atoms with E-state index in [2.05, 4.69) is 15.9 Å². The summed E-state index contributed by atoms with van der Waals surface area (Å²) in [7, 11) is 0. The second-order valence-electron chi connectivity index (χ2n) is 4.40. The second kappa shape index (κ2) is 6.63. The summed E-state index contributed by atoms with van der Waals surface area (Å²) in [6, 6.07) is 1.83. The van der Waals surface area contributed by atoms with Gasteiger partial charge in [-0.25, -0.2) is 8.78 Å². The highest BCUT2D eigenvalue weighted by molar-refractivity contribution is 9.10. The van der Waals surface area contributed by atoms with Crippen molar-refractivity contribution in [2.75, 3.05) is 13.1 Å². The van der Waals surface area contributed by atoms with Gasteiger partial charge >= 0.3 is 0 Å². The molecule has 1 aliphatic rings. The number of nitrogens with two attached hydrogens (primary N) is 1. The van der Waals surface area contributed by atoms with E-state index in [1.807, 2.05) is 0 Å². The normalized spacial score (nSPS) is 18.9. The molecule has 0 bridgehead atoms. The molecule has 106 valence electrons. The highest BCUT2D eigenvalue weighted by Gasteiger charge is 2.24. The van der Waals surface area contributed by atoms with E-state index in [9.17, 15) is 13.6 Å². The summed E-state index contributed by atoms with van der Waals surface area (Å²) in [5.41, 5.74) is 5.92. The van der Waals surface area contributed by atoms with Crippen LogP contribution >= 0.6 is 28.3 Å². The molecule has 0 spiro atoms. The Kier molecular flexibility index (Phi) is 5.70. The number of nitrogens with zero attached hydrogens (tertiary/aromatic N) is 1. The Morgan fingerprint density at radius 1 is 1.37 bits per heavy atom.